The van der Waals surface area contributed by atoms with Crippen LogP contribution in [0.3, 0.4) is 0 Å². The van der Waals surface area contributed by atoms with Gasteiger partial charge in [0.05, 0.1) is 17.7 Å². The summed E-state index contributed by atoms with van der Waals surface area (Å²) in [6.07, 6.45) is 6.41. The molecule has 3 heterocycles. The Labute approximate surface area is 192 Å². The summed E-state index contributed by atoms with van der Waals surface area (Å²) < 4.78 is 17.1. The number of phenols is 1. The van der Waals surface area contributed by atoms with Gasteiger partial charge in [-0.3, -0.25) is 9.69 Å². The number of ketones is 1. The van der Waals surface area contributed by atoms with Gasteiger partial charge in [-0.05, 0) is 62.7 Å². The number of fused-ring (bicyclic) bond motifs is 2. The number of carbonyl (C=O) groups is 1. The highest BCUT2D eigenvalue weighted by molar-refractivity contribution is 6.31. The zero-order valence-corrected chi connectivity index (χ0v) is 18.8. The van der Waals surface area contributed by atoms with Crippen molar-refractivity contribution in [3.8, 4) is 17.2 Å². The number of nitrogens with zero attached hydrogens (tertiary/aromatic N) is 1. The molecule has 168 valence electrons. The summed E-state index contributed by atoms with van der Waals surface area (Å²) in [7, 11) is 0. The zero-order chi connectivity index (χ0) is 22.2. The maximum absolute atomic E-state index is 13.3. The van der Waals surface area contributed by atoms with Crippen molar-refractivity contribution in [2.45, 2.75) is 45.8 Å². The van der Waals surface area contributed by atoms with E-state index in [4.69, 9.17) is 25.8 Å². The van der Waals surface area contributed by atoms with Crippen molar-refractivity contribution in [3.05, 3.63) is 56.8 Å². The molecule has 32 heavy (non-hydrogen) atoms. The molecule has 3 aliphatic heterocycles. The van der Waals surface area contributed by atoms with E-state index in [1.165, 1.54) is 12.8 Å². The number of aromatic hydroxyl groups is 1. The third kappa shape index (κ3) is 3.98. The van der Waals surface area contributed by atoms with E-state index >= 15 is 0 Å². The quantitative estimate of drug-likeness (QED) is 0.640. The Morgan fingerprint density at radius 1 is 1.12 bits per heavy atom. The number of phenolic OH excluding ortho intramolecular Hbond substituents is 1. The first-order chi connectivity index (χ1) is 15.5. The molecule has 3 aliphatic rings. The average molecular weight is 456 g/mol. The highest BCUT2D eigenvalue weighted by Gasteiger charge is 2.34. The second-order valence-electron chi connectivity index (χ2n) is 8.62. The van der Waals surface area contributed by atoms with Crippen LogP contribution in [-0.4, -0.2) is 35.7 Å². The topological polar surface area (TPSA) is 68.2 Å². The summed E-state index contributed by atoms with van der Waals surface area (Å²) in [6, 6.07) is 5.21. The van der Waals surface area contributed by atoms with Crippen molar-refractivity contribution in [1.82, 2.24) is 4.90 Å². The van der Waals surface area contributed by atoms with E-state index in [-0.39, 0.29) is 24.1 Å². The number of hydrogen-bond acceptors (Lipinski definition) is 6. The molecular formula is C25H26ClNO5. The van der Waals surface area contributed by atoms with Crippen LogP contribution in [0, 0.1) is 6.92 Å². The van der Waals surface area contributed by atoms with Gasteiger partial charge in [-0.2, -0.15) is 0 Å². The number of ether oxygens (including phenoxy) is 3. The van der Waals surface area contributed by atoms with E-state index in [1.54, 1.807) is 24.3 Å². The number of benzene rings is 2. The fourth-order valence-corrected chi connectivity index (χ4v) is 4.96. The summed E-state index contributed by atoms with van der Waals surface area (Å²) >= 11 is 6.28. The van der Waals surface area contributed by atoms with Crippen LogP contribution < -0.4 is 9.47 Å². The number of halogens is 1. The minimum atomic E-state index is -0.199. The first kappa shape index (κ1) is 21.3. The van der Waals surface area contributed by atoms with Crippen LogP contribution in [0.2, 0.25) is 5.02 Å². The molecule has 0 unspecified atom stereocenters. The highest BCUT2D eigenvalue weighted by Crippen LogP contribution is 2.43. The molecule has 0 aliphatic carbocycles. The lowest BCUT2D eigenvalue weighted by molar-refractivity contribution is -0.0165. The lowest BCUT2D eigenvalue weighted by Gasteiger charge is -2.22. The van der Waals surface area contributed by atoms with Crippen molar-refractivity contribution < 1.29 is 24.1 Å². The molecule has 0 amide bonds. The van der Waals surface area contributed by atoms with Crippen LogP contribution >= 0.6 is 11.6 Å². The van der Waals surface area contributed by atoms with Crippen LogP contribution in [0.5, 0.6) is 17.2 Å². The molecule has 0 radical (unpaired) electrons. The van der Waals surface area contributed by atoms with Crippen LogP contribution in [0.25, 0.3) is 6.08 Å². The predicted molar refractivity (Wildman–Crippen MR) is 121 cm³/mol. The smallest absolute Gasteiger partial charge is 0.232 e. The SMILES string of the molecule is Cc1cc(O)c(CN2CCCCCC2)c2c1C(=O)/C(=C/c1cc(Cl)cc3c1OCOC3)O2. The lowest BCUT2D eigenvalue weighted by atomic mass is 9.98. The number of rotatable bonds is 3. The molecule has 7 heteroatoms. The summed E-state index contributed by atoms with van der Waals surface area (Å²) in [5.74, 6) is 1.27. The summed E-state index contributed by atoms with van der Waals surface area (Å²) in [6.45, 7) is 4.88. The molecule has 0 aromatic heterocycles. The Hall–Kier alpha value is -2.54. The third-order valence-electron chi connectivity index (χ3n) is 6.29. The van der Waals surface area contributed by atoms with Crippen molar-refractivity contribution in [1.29, 1.82) is 0 Å². The van der Waals surface area contributed by atoms with Crippen molar-refractivity contribution in [3.63, 3.8) is 0 Å². The molecule has 0 spiro atoms. The Morgan fingerprint density at radius 2 is 1.91 bits per heavy atom. The largest absolute Gasteiger partial charge is 0.507 e. The molecule has 2 aromatic carbocycles. The first-order valence-corrected chi connectivity index (χ1v) is 11.4. The van der Waals surface area contributed by atoms with E-state index < -0.39 is 0 Å². The maximum atomic E-state index is 13.3. The van der Waals surface area contributed by atoms with Crippen LogP contribution in [0.15, 0.2) is 24.0 Å². The standard InChI is InChI=1S/C25H26ClNO5/c1-15-8-20(28)19(12-27-6-4-2-3-5-7-27)25-22(15)23(29)21(32-25)11-16-9-18(26)10-17-13-30-14-31-24(16)17/h8-11,28H,2-7,12-14H2,1H3/b21-11-. The number of Topliss-reactive ketones (excluding diaryl/α,β-unsaturated/α-hetero) is 1. The summed E-state index contributed by atoms with van der Waals surface area (Å²) in [5.41, 5.74) is 3.38. The van der Waals surface area contributed by atoms with E-state index in [1.807, 2.05) is 6.92 Å². The van der Waals surface area contributed by atoms with Gasteiger partial charge in [-0.15, -0.1) is 0 Å². The molecule has 1 fully saturated rings. The number of aryl methyl sites for hydroxylation is 1. The van der Waals surface area contributed by atoms with Gasteiger partial charge in [0.1, 0.15) is 17.2 Å². The van der Waals surface area contributed by atoms with Gasteiger partial charge in [-0.25, -0.2) is 0 Å². The number of allylic oxidation sites excluding steroid dienone is 1. The molecule has 2 aromatic rings. The summed E-state index contributed by atoms with van der Waals surface area (Å²) in [4.78, 5) is 15.6. The second-order valence-corrected chi connectivity index (χ2v) is 9.06. The van der Waals surface area contributed by atoms with Crippen LogP contribution in [0.4, 0.5) is 0 Å². The fraction of sp³-hybridized carbons (Fsp3) is 0.400. The molecule has 5 rings (SSSR count). The predicted octanol–water partition coefficient (Wildman–Crippen LogP) is 5.21. The maximum Gasteiger partial charge on any atom is 0.232 e. The van der Waals surface area contributed by atoms with Gasteiger partial charge in [0, 0.05) is 22.7 Å². The van der Waals surface area contributed by atoms with Crippen molar-refractivity contribution in [2.24, 2.45) is 0 Å². The van der Waals surface area contributed by atoms with E-state index in [9.17, 15) is 9.90 Å². The van der Waals surface area contributed by atoms with E-state index in [0.29, 0.717) is 51.9 Å². The number of carbonyl (C=O) groups excluding carboxylic acids is 1. The lowest BCUT2D eigenvalue weighted by Crippen LogP contribution is -2.24. The molecular weight excluding hydrogens is 430 g/mol. The van der Waals surface area contributed by atoms with Crippen molar-refractivity contribution >= 4 is 23.5 Å². The molecule has 0 saturated carbocycles. The van der Waals surface area contributed by atoms with Crippen LogP contribution in [-0.2, 0) is 17.9 Å². The van der Waals surface area contributed by atoms with Crippen molar-refractivity contribution in [2.75, 3.05) is 19.9 Å². The molecule has 6 nitrogen and oxygen atoms in total. The second kappa shape index (κ2) is 8.77. The van der Waals surface area contributed by atoms with Gasteiger partial charge in [-0.1, -0.05) is 24.4 Å². The average Bonchev–Trinajstić information content (AvgIpc) is 2.92. The van der Waals surface area contributed by atoms with Gasteiger partial charge in [0.2, 0.25) is 5.78 Å². The van der Waals surface area contributed by atoms with Gasteiger partial charge >= 0.3 is 0 Å². The van der Waals surface area contributed by atoms with Gasteiger partial charge in [0.15, 0.2) is 12.6 Å². The normalized spacial score (nSPS) is 19.8. The highest BCUT2D eigenvalue weighted by atomic mass is 35.5. The van der Waals surface area contributed by atoms with E-state index in [2.05, 4.69) is 4.90 Å². The molecule has 1 N–H and O–H groups in total. The summed E-state index contributed by atoms with van der Waals surface area (Å²) in [5, 5.41) is 11.3. The van der Waals surface area contributed by atoms with Gasteiger partial charge < -0.3 is 19.3 Å². The van der Waals surface area contributed by atoms with Gasteiger partial charge in [0.25, 0.3) is 0 Å². The Bertz CT molecular complexity index is 1100. The van der Waals surface area contributed by atoms with E-state index in [0.717, 1.165) is 31.5 Å². The molecule has 0 bridgehead atoms. The molecule has 1 saturated heterocycles. The third-order valence-corrected chi connectivity index (χ3v) is 6.51. The minimum absolute atomic E-state index is 0.146. The zero-order valence-electron chi connectivity index (χ0n) is 18.1. The Morgan fingerprint density at radius 3 is 2.69 bits per heavy atom. The monoisotopic (exact) mass is 455 g/mol. The molecule has 0 atom stereocenters. The number of hydrogen-bond donors (Lipinski definition) is 1. The Kier molecular flexibility index (Phi) is 5.84. The van der Waals surface area contributed by atoms with Crippen LogP contribution in [0.1, 0.15) is 58.3 Å². The fourth-order valence-electron chi connectivity index (χ4n) is 4.71. The number of likely N-dealkylation sites (tertiary alicyclic amines) is 1. The minimum Gasteiger partial charge on any atom is -0.507 e. The Balaban J connectivity index is 1.52. The first-order valence-electron chi connectivity index (χ1n) is 11.1.